The molecule has 180 valence electrons. The Balaban J connectivity index is 1.79. The molecule has 3 rings (SSSR count). The number of rotatable bonds is 6. The molecule has 11 heteroatoms. The molecule has 1 amide bonds. The van der Waals surface area contributed by atoms with Crippen LogP contribution in [0.15, 0.2) is 52.3 Å². The fourth-order valence-corrected chi connectivity index (χ4v) is 6.34. The number of hydrogen-bond donors (Lipinski definition) is 1. The van der Waals surface area contributed by atoms with Gasteiger partial charge in [-0.05, 0) is 62.7 Å². The zero-order chi connectivity index (χ0) is 24.6. The Morgan fingerprint density at radius 1 is 1.00 bits per heavy atom. The minimum Gasteiger partial charge on any atom is -0.373 e. The number of nitrogens with one attached hydrogen (secondary N) is 1. The zero-order valence-electron chi connectivity index (χ0n) is 19.3. The summed E-state index contributed by atoms with van der Waals surface area (Å²) >= 11 is 0. The molecule has 1 heterocycles. The van der Waals surface area contributed by atoms with Crippen LogP contribution in [0.3, 0.4) is 0 Å². The summed E-state index contributed by atoms with van der Waals surface area (Å²) in [6.45, 7) is 5.86. The van der Waals surface area contributed by atoms with Gasteiger partial charge in [-0.2, -0.15) is 4.31 Å². The molecule has 0 aliphatic carbocycles. The Kier molecular flexibility index (Phi) is 7.30. The predicted octanol–water partition coefficient (Wildman–Crippen LogP) is 2.30. The van der Waals surface area contributed by atoms with E-state index in [0.29, 0.717) is 11.3 Å². The van der Waals surface area contributed by atoms with Crippen LogP contribution < -0.4 is 5.32 Å². The van der Waals surface area contributed by atoms with Crippen molar-refractivity contribution < 1.29 is 26.4 Å². The van der Waals surface area contributed by atoms with Crippen LogP contribution in [0.2, 0.25) is 0 Å². The molecule has 1 saturated heterocycles. The van der Waals surface area contributed by atoms with Crippen molar-refractivity contribution >= 4 is 31.6 Å². The van der Waals surface area contributed by atoms with E-state index in [2.05, 4.69) is 5.32 Å². The Labute approximate surface area is 195 Å². The van der Waals surface area contributed by atoms with Crippen molar-refractivity contribution in [1.82, 2.24) is 8.61 Å². The van der Waals surface area contributed by atoms with Gasteiger partial charge in [0.15, 0.2) is 0 Å². The first-order valence-corrected chi connectivity index (χ1v) is 13.3. The summed E-state index contributed by atoms with van der Waals surface area (Å²) in [6, 6.07) is 10.3. The van der Waals surface area contributed by atoms with Gasteiger partial charge in [0.25, 0.3) is 5.91 Å². The molecule has 0 bridgehead atoms. The van der Waals surface area contributed by atoms with Crippen LogP contribution >= 0.6 is 0 Å². The van der Waals surface area contributed by atoms with Crippen molar-refractivity contribution in [2.24, 2.45) is 0 Å². The van der Waals surface area contributed by atoms with Crippen LogP contribution in [-0.2, 0) is 24.8 Å². The molecule has 0 aromatic heterocycles. The highest BCUT2D eigenvalue weighted by atomic mass is 32.2. The molecule has 1 N–H and O–H groups in total. The fourth-order valence-electron chi connectivity index (χ4n) is 3.61. The lowest BCUT2D eigenvalue weighted by Crippen LogP contribution is -2.48. The number of benzene rings is 2. The number of carbonyl (C=O) groups excluding carboxylic acids is 1. The van der Waals surface area contributed by atoms with Crippen molar-refractivity contribution in [3.05, 3.63) is 53.6 Å². The molecule has 1 fully saturated rings. The SMILES string of the molecule is Cc1ccc(NC(=O)c2ccc(S(=O)(=O)N3CC(C)OC(C)C3)cc2)cc1S(=O)(=O)N(C)C. The second kappa shape index (κ2) is 9.51. The molecule has 2 aromatic rings. The van der Waals surface area contributed by atoms with E-state index in [1.54, 1.807) is 19.1 Å². The van der Waals surface area contributed by atoms with Gasteiger partial charge in [-0.3, -0.25) is 4.79 Å². The first kappa shape index (κ1) is 25.3. The van der Waals surface area contributed by atoms with E-state index < -0.39 is 26.0 Å². The van der Waals surface area contributed by atoms with Crippen LogP contribution in [0.1, 0.15) is 29.8 Å². The largest absolute Gasteiger partial charge is 0.373 e. The van der Waals surface area contributed by atoms with E-state index in [0.717, 1.165) is 4.31 Å². The summed E-state index contributed by atoms with van der Waals surface area (Å²) in [4.78, 5) is 12.9. The zero-order valence-corrected chi connectivity index (χ0v) is 20.9. The Bertz CT molecular complexity index is 1230. The molecule has 0 spiro atoms. The maximum absolute atomic E-state index is 13.0. The monoisotopic (exact) mass is 495 g/mol. The van der Waals surface area contributed by atoms with Crippen molar-refractivity contribution in [2.45, 2.75) is 42.8 Å². The number of hydrogen-bond acceptors (Lipinski definition) is 6. The average molecular weight is 496 g/mol. The van der Waals surface area contributed by atoms with E-state index in [1.165, 1.54) is 48.7 Å². The molecule has 0 saturated carbocycles. The number of amides is 1. The number of aryl methyl sites for hydroxylation is 1. The summed E-state index contributed by atoms with van der Waals surface area (Å²) in [5, 5.41) is 2.67. The summed E-state index contributed by atoms with van der Waals surface area (Å²) in [5.41, 5.74) is 1.12. The quantitative estimate of drug-likeness (QED) is 0.658. The summed E-state index contributed by atoms with van der Waals surface area (Å²) < 4.78 is 59.1. The van der Waals surface area contributed by atoms with Crippen molar-refractivity contribution in [2.75, 3.05) is 32.5 Å². The number of morpholine rings is 1. The maximum Gasteiger partial charge on any atom is 0.255 e. The molecular formula is C22H29N3O6S2. The Hall–Kier alpha value is -2.31. The van der Waals surface area contributed by atoms with Crippen molar-refractivity contribution in [1.29, 1.82) is 0 Å². The normalized spacial score (nSPS) is 20.1. The number of ether oxygens (including phenoxy) is 1. The standard InChI is InChI=1S/C22H29N3O6S2/c1-15-6-9-19(12-21(15)33(29,30)24(4)5)23-22(26)18-7-10-20(11-8-18)32(27,28)25-13-16(2)31-17(3)14-25/h6-12,16-17H,13-14H2,1-5H3,(H,23,26). The first-order valence-electron chi connectivity index (χ1n) is 10.4. The van der Waals surface area contributed by atoms with Gasteiger partial charge in [-0.15, -0.1) is 0 Å². The molecule has 0 radical (unpaired) electrons. The molecule has 2 aromatic carbocycles. The lowest BCUT2D eigenvalue weighted by atomic mass is 10.2. The van der Waals surface area contributed by atoms with Crippen LogP contribution in [-0.4, -0.2) is 70.7 Å². The van der Waals surface area contributed by atoms with Gasteiger partial charge in [-0.25, -0.2) is 21.1 Å². The van der Waals surface area contributed by atoms with Gasteiger partial charge in [-0.1, -0.05) is 6.07 Å². The lowest BCUT2D eigenvalue weighted by Gasteiger charge is -2.34. The lowest BCUT2D eigenvalue weighted by molar-refractivity contribution is -0.0440. The molecule has 1 aliphatic heterocycles. The second-order valence-electron chi connectivity index (χ2n) is 8.33. The van der Waals surface area contributed by atoms with E-state index in [9.17, 15) is 21.6 Å². The highest BCUT2D eigenvalue weighted by Crippen LogP contribution is 2.24. The smallest absolute Gasteiger partial charge is 0.255 e. The minimum absolute atomic E-state index is 0.0926. The number of sulfonamides is 2. The molecule has 2 atom stereocenters. The summed E-state index contributed by atoms with van der Waals surface area (Å²) in [7, 11) is -4.51. The second-order valence-corrected chi connectivity index (χ2v) is 12.4. The maximum atomic E-state index is 13.0. The molecule has 1 aliphatic rings. The third kappa shape index (κ3) is 5.44. The average Bonchev–Trinajstić information content (AvgIpc) is 2.74. The van der Waals surface area contributed by atoms with Crippen LogP contribution in [0.25, 0.3) is 0 Å². The summed E-state index contributed by atoms with van der Waals surface area (Å²) in [5.74, 6) is -0.482. The van der Waals surface area contributed by atoms with Gasteiger partial charge >= 0.3 is 0 Å². The molecule has 2 unspecified atom stereocenters. The summed E-state index contributed by atoms with van der Waals surface area (Å²) in [6.07, 6.45) is -0.409. The Morgan fingerprint density at radius 2 is 1.58 bits per heavy atom. The van der Waals surface area contributed by atoms with Gasteiger partial charge in [0.1, 0.15) is 0 Å². The molecule has 9 nitrogen and oxygen atoms in total. The van der Waals surface area contributed by atoms with Crippen LogP contribution in [0.4, 0.5) is 5.69 Å². The molecular weight excluding hydrogens is 466 g/mol. The van der Waals surface area contributed by atoms with Gasteiger partial charge in [0.05, 0.1) is 22.0 Å². The van der Waals surface area contributed by atoms with Crippen LogP contribution in [0.5, 0.6) is 0 Å². The minimum atomic E-state index is -3.71. The van der Waals surface area contributed by atoms with E-state index in [1.807, 2.05) is 13.8 Å². The van der Waals surface area contributed by atoms with Gasteiger partial charge in [0, 0.05) is 38.4 Å². The number of carbonyl (C=O) groups is 1. The van der Waals surface area contributed by atoms with Gasteiger partial charge < -0.3 is 10.1 Å². The third-order valence-electron chi connectivity index (χ3n) is 5.35. The van der Waals surface area contributed by atoms with E-state index in [-0.39, 0.29) is 40.7 Å². The fraction of sp³-hybridized carbons (Fsp3) is 0.409. The number of nitrogens with zero attached hydrogens (tertiary/aromatic N) is 2. The van der Waals surface area contributed by atoms with E-state index >= 15 is 0 Å². The van der Waals surface area contributed by atoms with Gasteiger partial charge in [0.2, 0.25) is 20.0 Å². The number of anilines is 1. The van der Waals surface area contributed by atoms with Crippen molar-refractivity contribution in [3.8, 4) is 0 Å². The molecule has 33 heavy (non-hydrogen) atoms. The third-order valence-corrected chi connectivity index (χ3v) is 9.15. The van der Waals surface area contributed by atoms with Crippen molar-refractivity contribution in [3.63, 3.8) is 0 Å². The first-order chi connectivity index (χ1) is 15.3. The highest BCUT2D eigenvalue weighted by molar-refractivity contribution is 7.89. The topological polar surface area (TPSA) is 113 Å². The van der Waals surface area contributed by atoms with Crippen LogP contribution in [0, 0.1) is 6.92 Å². The highest BCUT2D eigenvalue weighted by Gasteiger charge is 2.32. The van der Waals surface area contributed by atoms with E-state index in [4.69, 9.17) is 4.74 Å². The predicted molar refractivity (Wildman–Crippen MR) is 125 cm³/mol. The Morgan fingerprint density at radius 3 is 2.12 bits per heavy atom.